The summed E-state index contributed by atoms with van der Waals surface area (Å²) in [5, 5.41) is 3.68. The number of carbonyl (C=O) groups is 1. The van der Waals surface area contributed by atoms with E-state index in [1.165, 1.54) is 0 Å². The number of nitrogens with two attached hydrogens (primary N) is 1. The number of amides is 1. The number of anilines is 1. The minimum Gasteiger partial charge on any atom is -0.451 e. The highest BCUT2D eigenvalue weighted by Gasteiger charge is 2.11. The van der Waals surface area contributed by atoms with Crippen molar-refractivity contribution < 1.29 is 9.21 Å². The zero-order chi connectivity index (χ0) is 13.8. The maximum Gasteiger partial charge on any atom is 0.287 e. The molecule has 5 nitrogen and oxygen atoms in total. The molecule has 1 aromatic carbocycles. The lowest BCUT2D eigenvalue weighted by molar-refractivity contribution is 0.0924. The number of nitrogens with zero attached hydrogens (tertiary/aromatic N) is 1. The standard InChI is InChI=1S/C14H19N3O2/c1-3-17(2)7-6-16-14(18)13-9-10-8-11(15)4-5-12(10)19-13/h4-5,8-9H,3,6-7,15H2,1-2H3,(H,16,18). The smallest absolute Gasteiger partial charge is 0.287 e. The highest BCUT2D eigenvalue weighted by atomic mass is 16.3. The zero-order valence-electron chi connectivity index (χ0n) is 11.3. The Morgan fingerprint density at radius 2 is 2.21 bits per heavy atom. The van der Waals surface area contributed by atoms with Crippen molar-refractivity contribution >= 4 is 22.6 Å². The van der Waals surface area contributed by atoms with E-state index in [0.29, 0.717) is 23.6 Å². The van der Waals surface area contributed by atoms with Crippen LogP contribution in [-0.2, 0) is 0 Å². The monoisotopic (exact) mass is 261 g/mol. The first-order valence-electron chi connectivity index (χ1n) is 6.36. The molecule has 0 fully saturated rings. The summed E-state index contributed by atoms with van der Waals surface area (Å²) in [6.07, 6.45) is 0. The van der Waals surface area contributed by atoms with Crippen molar-refractivity contribution in [1.82, 2.24) is 10.2 Å². The normalized spacial score (nSPS) is 11.1. The van der Waals surface area contributed by atoms with Gasteiger partial charge in [-0.25, -0.2) is 0 Å². The Balaban J connectivity index is 2.01. The summed E-state index contributed by atoms with van der Waals surface area (Å²) >= 11 is 0. The van der Waals surface area contributed by atoms with E-state index in [1.807, 2.05) is 7.05 Å². The van der Waals surface area contributed by atoms with Gasteiger partial charge in [0.1, 0.15) is 5.58 Å². The van der Waals surface area contributed by atoms with E-state index in [0.717, 1.165) is 18.5 Å². The first-order valence-corrected chi connectivity index (χ1v) is 6.36. The fourth-order valence-corrected chi connectivity index (χ4v) is 1.78. The van der Waals surface area contributed by atoms with Crippen molar-refractivity contribution in [3.63, 3.8) is 0 Å². The van der Waals surface area contributed by atoms with Gasteiger partial charge in [0, 0.05) is 24.2 Å². The van der Waals surface area contributed by atoms with Gasteiger partial charge in [-0.3, -0.25) is 4.79 Å². The van der Waals surface area contributed by atoms with Crippen LogP contribution in [0.25, 0.3) is 11.0 Å². The highest BCUT2D eigenvalue weighted by Crippen LogP contribution is 2.21. The summed E-state index contributed by atoms with van der Waals surface area (Å²) in [7, 11) is 2.01. The molecule has 0 saturated carbocycles. The molecule has 0 radical (unpaired) electrons. The fraction of sp³-hybridized carbons (Fsp3) is 0.357. The second kappa shape index (κ2) is 5.75. The molecule has 0 saturated heterocycles. The predicted octanol–water partition coefficient (Wildman–Crippen LogP) is 1.70. The number of nitrogens with one attached hydrogen (secondary N) is 1. The van der Waals surface area contributed by atoms with E-state index in [-0.39, 0.29) is 5.91 Å². The molecule has 3 N–H and O–H groups in total. The minimum atomic E-state index is -0.195. The number of nitrogen functional groups attached to an aromatic ring is 1. The third-order valence-electron chi connectivity index (χ3n) is 3.08. The molecule has 0 spiro atoms. The Bertz CT molecular complexity index is 577. The Morgan fingerprint density at radius 1 is 1.42 bits per heavy atom. The van der Waals surface area contributed by atoms with E-state index in [2.05, 4.69) is 17.1 Å². The molecular formula is C14H19N3O2. The number of furan rings is 1. The lowest BCUT2D eigenvalue weighted by Crippen LogP contribution is -2.32. The number of carbonyl (C=O) groups excluding carboxylic acids is 1. The first-order chi connectivity index (χ1) is 9.10. The van der Waals surface area contributed by atoms with Gasteiger partial charge >= 0.3 is 0 Å². The molecule has 0 atom stereocenters. The quantitative estimate of drug-likeness (QED) is 0.804. The molecule has 1 aromatic heterocycles. The van der Waals surface area contributed by atoms with Crippen molar-refractivity contribution in [3.8, 4) is 0 Å². The van der Waals surface area contributed by atoms with Crippen LogP contribution in [0.1, 0.15) is 17.5 Å². The van der Waals surface area contributed by atoms with E-state index >= 15 is 0 Å². The molecule has 0 aliphatic rings. The lowest BCUT2D eigenvalue weighted by atomic mass is 10.2. The second-order valence-corrected chi connectivity index (χ2v) is 4.56. The van der Waals surface area contributed by atoms with Crippen LogP contribution >= 0.6 is 0 Å². The maximum absolute atomic E-state index is 11.9. The molecule has 1 amide bonds. The lowest BCUT2D eigenvalue weighted by Gasteiger charge is -2.13. The molecule has 5 heteroatoms. The van der Waals surface area contributed by atoms with Crippen molar-refractivity contribution in [2.75, 3.05) is 32.4 Å². The molecular weight excluding hydrogens is 242 g/mol. The van der Waals surface area contributed by atoms with Crippen LogP contribution in [0.4, 0.5) is 5.69 Å². The summed E-state index contributed by atoms with van der Waals surface area (Å²) in [5.74, 6) is 0.124. The number of fused-ring (bicyclic) bond motifs is 1. The fourth-order valence-electron chi connectivity index (χ4n) is 1.78. The average molecular weight is 261 g/mol. The molecule has 1 heterocycles. The third-order valence-corrected chi connectivity index (χ3v) is 3.08. The number of likely N-dealkylation sites (N-methyl/N-ethyl adjacent to an activating group) is 1. The molecule has 2 aromatic rings. The van der Waals surface area contributed by atoms with E-state index in [4.69, 9.17) is 10.2 Å². The van der Waals surface area contributed by atoms with Crippen molar-refractivity contribution in [2.24, 2.45) is 0 Å². The molecule has 19 heavy (non-hydrogen) atoms. The van der Waals surface area contributed by atoms with Crippen LogP contribution in [0.5, 0.6) is 0 Å². The Labute approximate surface area is 112 Å². The van der Waals surface area contributed by atoms with Gasteiger partial charge in [0.2, 0.25) is 0 Å². The summed E-state index contributed by atoms with van der Waals surface area (Å²) in [5.41, 5.74) is 7.02. The highest BCUT2D eigenvalue weighted by molar-refractivity contribution is 5.96. The second-order valence-electron chi connectivity index (χ2n) is 4.56. The molecule has 0 unspecified atom stereocenters. The van der Waals surface area contributed by atoms with Crippen LogP contribution in [-0.4, -0.2) is 37.5 Å². The van der Waals surface area contributed by atoms with E-state index in [9.17, 15) is 4.79 Å². The van der Waals surface area contributed by atoms with E-state index < -0.39 is 0 Å². The van der Waals surface area contributed by atoms with Crippen molar-refractivity contribution in [2.45, 2.75) is 6.92 Å². The Morgan fingerprint density at radius 3 is 2.95 bits per heavy atom. The van der Waals surface area contributed by atoms with Crippen LogP contribution < -0.4 is 11.1 Å². The SMILES string of the molecule is CCN(C)CCNC(=O)c1cc2cc(N)ccc2o1. The van der Waals surface area contributed by atoms with Gasteiger partial charge in [-0.05, 0) is 37.9 Å². The van der Waals surface area contributed by atoms with Crippen molar-refractivity contribution in [1.29, 1.82) is 0 Å². The van der Waals surface area contributed by atoms with Gasteiger partial charge in [-0.2, -0.15) is 0 Å². The number of rotatable bonds is 5. The largest absolute Gasteiger partial charge is 0.451 e. The van der Waals surface area contributed by atoms with Crippen LogP contribution in [0, 0.1) is 0 Å². The summed E-state index contributed by atoms with van der Waals surface area (Å²) < 4.78 is 5.49. The van der Waals surface area contributed by atoms with Gasteiger partial charge in [0.25, 0.3) is 5.91 Å². The van der Waals surface area contributed by atoms with Gasteiger partial charge < -0.3 is 20.4 Å². The number of hydrogen-bond donors (Lipinski definition) is 2. The van der Waals surface area contributed by atoms with Gasteiger partial charge in [0.05, 0.1) is 0 Å². The third kappa shape index (κ3) is 3.26. The van der Waals surface area contributed by atoms with Crippen LogP contribution in [0.3, 0.4) is 0 Å². The van der Waals surface area contributed by atoms with Gasteiger partial charge in [-0.1, -0.05) is 6.92 Å². The maximum atomic E-state index is 11.9. The van der Waals surface area contributed by atoms with Crippen molar-refractivity contribution in [3.05, 3.63) is 30.0 Å². The number of benzene rings is 1. The Kier molecular flexibility index (Phi) is 4.06. The molecule has 0 aliphatic heterocycles. The van der Waals surface area contributed by atoms with Crippen LogP contribution in [0.15, 0.2) is 28.7 Å². The number of hydrogen-bond acceptors (Lipinski definition) is 4. The molecule has 0 aliphatic carbocycles. The van der Waals surface area contributed by atoms with Gasteiger partial charge in [-0.15, -0.1) is 0 Å². The predicted molar refractivity (Wildman–Crippen MR) is 76.1 cm³/mol. The Hall–Kier alpha value is -2.01. The summed E-state index contributed by atoms with van der Waals surface area (Å²) in [6.45, 7) is 4.45. The molecule has 2 rings (SSSR count). The van der Waals surface area contributed by atoms with Gasteiger partial charge in [0.15, 0.2) is 5.76 Å². The summed E-state index contributed by atoms with van der Waals surface area (Å²) in [6, 6.07) is 7.03. The molecule has 0 bridgehead atoms. The first kappa shape index (κ1) is 13.4. The topological polar surface area (TPSA) is 71.5 Å². The molecule has 102 valence electrons. The van der Waals surface area contributed by atoms with E-state index in [1.54, 1.807) is 24.3 Å². The zero-order valence-corrected chi connectivity index (χ0v) is 11.3. The van der Waals surface area contributed by atoms with Crippen LogP contribution in [0.2, 0.25) is 0 Å². The average Bonchev–Trinajstić information content (AvgIpc) is 2.81. The summed E-state index contributed by atoms with van der Waals surface area (Å²) in [4.78, 5) is 14.0. The minimum absolute atomic E-state index is 0.195.